The summed E-state index contributed by atoms with van der Waals surface area (Å²) in [6.45, 7) is 3.29. The number of aromatic amines is 1. The number of amides is 1. The fourth-order valence-corrected chi connectivity index (χ4v) is 3.75. The summed E-state index contributed by atoms with van der Waals surface area (Å²) in [4.78, 5) is 39.9. The number of aryl methyl sites for hydroxylation is 1. The first-order valence-electron chi connectivity index (χ1n) is 9.85. The maximum absolute atomic E-state index is 12.9. The van der Waals surface area contributed by atoms with Crippen molar-refractivity contribution in [3.8, 4) is 0 Å². The molecule has 0 aliphatic carbocycles. The highest BCUT2D eigenvalue weighted by Gasteiger charge is 2.20. The summed E-state index contributed by atoms with van der Waals surface area (Å²) in [6.07, 6.45) is 2.47. The molecule has 1 unspecified atom stereocenters. The minimum atomic E-state index is -0.624. The monoisotopic (exact) mass is 442 g/mol. The number of halogens is 1. The van der Waals surface area contributed by atoms with Gasteiger partial charge in [0.15, 0.2) is 6.61 Å². The summed E-state index contributed by atoms with van der Waals surface area (Å²) in [7, 11) is 0. The summed E-state index contributed by atoms with van der Waals surface area (Å²) in [5.74, 6) is -1.56. The van der Waals surface area contributed by atoms with E-state index in [1.807, 2.05) is 25.1 Å². The summed E-state index contributed by atoms with van der Waals surface area (Å²) >= 11 is 1.09. The molecule has 162 valence electrons. The van der Waals surface area contributed by atoms with Crippen molar-refractivity contribution >= 4 is 46.0 Å². The van der Waals surface area contributed by atoms with Gasteiger partial charge in [-0.15, -0.1) is 11.8 Å². The first-order chi connectivity index (χ1) is 14.9. The van der Waals surface area contributed by atoms with E-state index in [1.54, 1.807) is 13.1 Å². The normalized spacial score (nSPS) is 11.8. The molecule has 3 rings (SSSR count). The number of carbonyl (C=O) groups excluding carboxylic acids is 3. The lowest BCUT2D eigenvalue weighted by Crippen LogP contribution is -2.23. The molecule has 1 aromatic heterocycles. The van der Waals surface area contributed by atoms with Gasteiger partial charge in [0.05, 0.1) is 5.75 Å². The minimum Gasteiger partial charge on any atom is -0.456 e. The van der Waals surface area contributed by atoms with Crippen LogP contribution in [0.15, 0.2) is 48.7 Å². The fraction of sp³-hybridized carbons (Fsp3) is 0.261. The van der Waals surface area contributed by atoms with Crippen molar-refractivity contribution in [1.29, 1.82) is 0 Å². The largest absolute Gasteiger partial charge is 0.456 e. The predicted molar refractivity (Wildman–Crippen MR) is 120 cm³/mol. The van der Waals surface area contributed by atoms with E-state index in [0.717, 1.165) is 34.6 Å². The zero-order valence-electron chi connectivity index (χ0n) is 17.2. The van der Waals surface area contributed by atoms with E-state index >= 15 is 0 Å². The van der Waals surface area contributed by atoms with Gasteiger partial charge in [0.2, 0.25) is 11.7 Å². The molecule has 0 bridgehead atoms. The fourth-order valence-electron chi connectivity index (χ4n) is 3.07. The molecule has 1 heterocycles. The lowest BCUT2D eigenvalue weighted by molar-refractivity contribution is -0.141. The van der Waals surface area contributed by atoms with Crippen LogP contribution in [0.1, 0.15) is 29.8 Å². The van der Waals surface area contributed by atoms with Crippen molar-refractivity contribution in [2.45, 2.75) is 25.5 Å². The Balaban J connectivity index is 1.48. The zero-order chi connectivity index (χ0) is 22.4. The van der Waals surface area contributed by atoms with Crippen LogP contribution in [-0.2, 0) is 20.7 Å². The first-order valence-corrected chi connectivity index (χ1v) is 10.9. The number of benzene rings is 2. The molecular formula is C23H23FN2O4S. The number of hydrogen-bond acceptors (Lipinski definition) is 5. The number of fused-ring (bicyclic) bond motifs is 1. The number of carbonyl (C=O) groups is 3. The quantitative estimate of drug-likeness (QED) is 0.380. The Morgan fingerprint density at radius 3 is 2.61 bits per heavy atom. The van der Waals surface area contributed by atoms with Crippen molar-refractivity contribution in [1.82, 2.24) is 4.98 Å². The average molecular weight is 443 g/mol. The van der Waals surface area contributed by atoms with E-state index in [2.05, 4.69) is 10.3 Å². The van der Waals surface area contributed by atoms with E-state index in [1.165, 1.54) is 24.3 Å². The Morgan fingerprint density at radius 1 is 1.16 bits per heavy atom. The molecule has 2 N–H and O–H groups in total. The van der Waals surface area contributed by atoms with Crippen LogP contribution in [0, 0.1) is 5.82 Å². The van der Waals surface area contributed by atoms with Crippen molar-refractivity contribution in [3.63, 3.8) is 0 Å². The molecule has 0 radical (unpaired) electrons. The standard InChI is InChI=1S/C23H23FN2O4S/c1-3-15-5-4-6-18-19(11-25-22(15)18)20(27)12-30-23(29)14(2)31-13-21(28)26-17-9-7-16(24)8-10-17/h4-11,14,25H,3,12-13H2,1-2H3,(H,26,28). The van der Waals surface area contributed by atoms with Crippen LogP contribution >= 0.6 is 11.8 Å². The summed E-state index contributed by atoms with van der Waals surface area (Å²) in [6, 6.07) is 11.2. The number of esters is 1. The third-order valence-corrected chi connectivity index (χ3v) is 5.87. The molecule has 0 aliphatic rings. The van der Waals surface area contributed by atoms with E-state index in [9.17, 15) is 18.8 Å². The number of anilines is 1. The Hall–Kier alpha value is -3.13. The summed E-state index contributed by atoms with van der Waals surface area (Å²) < 4.78 is 18.1. The van der Waals surface area contributed by atoms with Gasteiger partial charge in [-0.05, 0) is 43.2 Å². The third kappa shape index (κ3) is 5.73. The van der Waals surface area contributed by atoms with Crippen LogP contribution in [0.4, 0.5) is 10.1 Å². The number of thioether (sulfide) groups is 1. The van der Waals surface area contributed by atoms with Gasteiger partial charge < -0.3 is 15.0 Å². The van der Waals surface area contributed by atoms with Gasteiger partial charge in [0.1, 0.15) is 11.1 Å². The number of H-pyrrole nitrogens is 1. The number of para-hydroxylation sites is 1. The second-order valence-electron chi connectivity index (χ2n) is 6.93. The lowest BCUT2D eigenvalue weighted by Gasteiger charge is -2.11. The van der Waals surface area contributed by atoms with Crippen LogP contribution in [-0.4, -0.2) is 40.3 Å². The van der Waals surface area contributed by atoms with Gasteiger partial charge in [-0.3, -0.25) is 14.4 Å². The Morgan fingerprint density at radius 2 is 1.90 bits per heavy atom. The Labute approximate surface area is 183 Å². The van der Waals surface area contributed by atoms with Gasteiger partial charge in [-0.2, -0.15) is 0 Å². The average Bonchev–Trinajstić information content (AvgIpc) is 3.21. The Bertz CT molecular complexity index is 1090. The molecule has 6 nitrogen and oxygen atoms in total. The second kappa shape index (κ2) is 10.3. The first kappa shape index (κ1) is 22.6. The number of ketones is 1. The Kier molecular flexibility index (Phi) is 7.46. The molecule has 0 fully saturated rings. The molecule has 3 aromatic rings. The van der Waals surface area contributed by atoms with E-state index in [4.69, 9.17) is 4.74 Å². The van der Waals surface area contributed by atoms with Crippen LogP contribution in [0.3, 0.4) is 0 Å². The topological polar surface area (TPSA) is 88.3 Å². The minimum absolute atomic E-state index is 0.0177. The molecule has 1 amide bonds. The van der Waals surface area contributed by atoms with E-state index in [-0.39, 0.29) is 24.1 Å². The molecular weight excluding hydrogens is 419 g/mol. The number of hydrogen-bond donors (Lipinski definition) is 2. The molecule has 0 spiro atoms. The maximum Gasteiger partial charge on any atom is 0.319 e. The molecule has 8 heteroatoms. The van der Waals surface area contributed by atoms with E-state index < -0.39 is 17.0 Å². The van der Waals surface area contributed by atoms with Crippen LogP contribution < -0.4 is 5.32 Å². The van der Waals surface area contributed by atoms with Crippen molar-refractivity contribution in [2.24, 2.45) is 0 Å². The highest BCUT2D eigenvalue weighted by Crippen LogP contribution is 2.23. The third-order valence-electron chi connectivity index (χ3n) is 4.75. The predicted octanol–water partition coefficient (Wildman–Crippen LogP) is 4.36. The zero-order valence-corrected chi connectivity index (χ0v) is 18.1. The van der Waals surface area contributed by atoms with Crippen molar-refractivity contribution < 1.29 is 23.5 Å². The molecule has 2 aromatic carbocycles. The highest BCUT2D eigenvalue weighted by molar-refractivity contribution is 8.01. The van der Waals surface area contributed by atoms with Crippen LogP contribution in [0.2, 0.25) is 0 Å². The second-order valence-corrected chi connectivity index (χ2v) is 8.26. The SMILES string of the molecule is CCc1cccc2c(C(=O)COC(=O)C(C)SCC(=O)Nc3ccc(F)cc3)c[nH]c12. The van der Waals surface area contributed by atoms with Crippen LogP contribution in [0.5, 0.6) is 0 Å². The number of aromatic nitrogens is 1. The number of Topliss-reactive ketones (excluding diaryl/α,β-unsaturated/α-hetero) is 1. The van der Waals surface area contributed by atoms with Gasteiger partial charge in [0.25, 0.3) is 0 Å². The number of rotatable bonds is 9. The van der Waals surface area contributed by atoms with Gasteiger partial charge in [0, 0.05) is 28.4 Å². The molecule has 0 saturated carbocycles. The van der Waals surface area contributed by atoms with Gasteiger partial charge in [-0.25, -0.2) is 4.39 Å². The maximum atomic E-state index is 12.9. The smallest absolute Gasteiger partial charge is 0.319 e. The number of nitrogens with one attached hydrogen (secondary N) is 2. The van der Waals surface area contributed by atoms with E-state index in [0.29, 0.717) is 11.3 Å². The summed E-state index contributed by atoms with van der Waals surface area (Å²) in [5, 5.41) is 2.80. The van der Waals surface area contributed by atoms with Crippen molar-refractivity contribution in [2.75, 3.05) is 17.7 Å². The molecule has 1 atom stereocenters. The van der Waals surface area contributed by atoms with Crippen molar-refractivity contribution in [3.05, 3.63) is 65.6 Å². The molecule has 0 saturated heterocycles. The summed E-state index contributed by atoms with van der Waals surface area (Å²) in [5.41, 5.74) is 2.98. The number of ether oxygens (including phenoxy) is 1. The molecule has 31 heavy (non-hydrogen) atoms. The highest BCUT2D eigenvalue weighted by atomic mass is 32.2. The van der Waals surface area contributed by atoms with Crippen LogP contribution in [0.25, 0.3) is 10.9 Å². The van der Waals surface area contributed by atoms with Gasteiger partial charge in [-0.1, -0.05) is 25.1 Å². The molecule has 0 aliphatic heterocycles. The van der Waals surface area contributed by atoms with Gasteiger partial charge >= 0.3 is 5.97 Å². The lowest BCUT2D eigenvalue weighted by atomic mass is 10.1.